The van der Waals surface area contributed by atoms with Crippen LogP contribution < -0.4 is 5.43 Å². The number of aromatic nitrogens is 1. The molecule has 1 aromatic heterocycles. The third kappa shape index (κ3) is 5.22. The van der Waals surface area contributed by atoms with E-state index in [1.54, 1.807) is 36.4 Å². The second kappa shape index (κ2) is 12.7. The Balaban J connectivity index is 1.46. The zero-order valence-electron chi connectivity index (χ0n) is 25.8. The third-order valence-corrected chi connectivity index (χ3v) is 8.34. The first-order valence-corrected chi connectivity index (χ1v) is 15.1. The fraction of sp³-hybridized carbons (Fsp3) is 0. The van der Waals surface area contributed by atoms with Gasteiger partial charge in [0, 0.05) is 27.6 Å². The van der Waals surface area contributed by atoms with E-state index in [0.29, 0.717) is 56.0 Å². The van der Waals surface area contributed by atoms with Crippen molar-refractivity contribution in [1.29, 1.82) is 21.2 Å². The second-order valence-electron chi connectivity index (χ2n) is 11.2. The van der Waals surface area contributed by atoms with Crippen LogP contribution in [0.1, 0.15) is 33.4 Å². The summed E-state index contributed by atoms with van der Waals surface area (Å²) in [6.45, 7) is 0. The fourth-order valence-electron chi connectivity index (χ4n) is 5.92. The van der Waals surface area contributed by atoms with Crippen molar-refractivity contribution in [3.8, 4) is 40.6 Å². The van der Waals surface area contributed by atoms with Crippen molar-refractivity contribution in [2.24, 2.45) is 5.10 Å². The maximum atomic E-state index is 15.3. The highest BCUT2D eigenvalue weighted by Crippen LogP contribution is 2.40. The first-order chi connectivity index (χ1) is 24.3. The second-order valence-corrected chi connectivity index (χ2v) is 11.2. The minimum atomic E-state index is -1.55. The van der Waals surface area contributed by atoms with Crippen molar-refractivity contribution in [2.75, 3.05) is 5.43 Å². The summed E-state index contributed by atoms with van der Waals surface area (Å²) in [6, 6.07) is 34.4. The monoisotopic (exact) mass is 655 g/mol. The minimum absolute atomic E-state index is 0.0173. The van der Waals surface area contributed by atoms with Crippen LogP contribution in [0.2, 0.25) is 0 Å². The Morgan fingerprint density at radius 2 is 1.24 bits per heavy atom. The molecular formula is C40H20F3N7. The molecule has 0 radical (unpaired) electrons. The van der Waals surface area contributed by atoms with Crippen molar-refractivity contribution in [3.05, 3.63) is 154 Å². The van der Waals surface area contributed by atoms with Gasteiger partial charge in [0.2, 0.25) is 0 Å². The highest BCUT2D eigenvalue weighted by atomic mass is 19.1. The Hall–Kier alpha value is -7.35. The molecule has 7 nitrogen and oxygen atoms in total. The zero-order chi connectivity index (χ0) is 34.9. The molecule has 0 spiro atoms. The molecule has 1 aliphatic rings. The quantitative estimate of drug-likeness (QED) is 0.179. The molecule has 7 rings (SSSR count). The van der Waals surface area contributed by atoms with Gasteiger partial charge in [-0.1, -0.05) is 72.8 Å². The number of anilines is 1. The average molecular weight is 656 g/mol. The number of halogens is 3. The molecule has 6 aromatic rings. The van der Waals surface area contributed by atoms with Crippen molar-refractivity contribution in [3.63, 3.8) is 0 Å². The Bertz CT molecular complexity index is 2530. The lowest BCUT2D eigenvalue weighted by atomic mass is 9.82. The number of hydrogen-bond donors (Lipinski definition) is 2. The summed E-state index contributed by atoms with van der Waals surface area (Å²) in [5, 5.41) is 42.9. The summed E-state index contributed by atoms with van der Waals surface area (Å²) in [6.07, 6.45) is 1.83. The molecule has 0 unspecified atom stereocenters. The van der Waals surface area contributed by atoms with E-state index < -0.39 is 34.1 Å². The van der Waals surface area contributed by atoms with E-state index >= 15 is 8.78 Å². The topological polar surface area (TPSA) is 132 Å². The Kier molecular flexibility index (Phi) is 7.93. The van der Waals surface area contributed by atoms with Crippen molar-refractivity contribution in [2.45, 2.75) is 0 Å². The van der Waals surface area contributed by atoms with E-state index in [2.05, 4.69) is 11.5 Å². The van der Waals surface area contributed by atoms with E-state index in [1.165, 1.54) is 24.3 Å². The van der Waals surface area contributed by atoms with Crippen LogP contribution in [0.15, 0.2) is 108 Å². The Labute approximate surface area is 283 Å². The number of benzene rings is 5. The van der Waals surface area contributed by atoms with Gasteiger partial charge in [0.15, 0.2) is 17.5 Å². The largest absolute Gasteiger partial charge is 0.298 e. The van der Waals surface area contributed by atoms with Crippen LogP contribution >= 0.6 is 0 Å². The van der Waals surface area contributed by atoms with Crippen LogP contribution in [0, 0.1) is 56.9 Å². The molecule has 2 N–H and O–H groups in total. The molecule has 1 aliphatic carbocycles. The molecule has 236 valence electrons. The van der Waals surface area contributed by atoms with E-state index in [1.807, 2.05) is 60.7 Å². The SMILES string of the molecule is N#Cc1ccc(C2=Cc3c(-c4ccc(-c5c(F)c(C#N)c(F)c(C#N)c5F)cc4)nc4ccccc4c3/C(=N/Nc3ccccc3)C2=N)cc1. The molecule has 0 saturated heterocycles. The predicted molar refractivity (Wildman–Crippen MR) is 185 cm³/mol. The average Bonchev–Trinajstić information content (AvgIpc) is 3.15. The summed E-state index contributed by atoms with van der Waals surface area (Å²) in [7, 11) is 0. The number of nitriles is 3. The minimum Gasteiger partial charge on any atom is -0.298 e. The molecular weight excluding hydrogens is 635 g/mol. The zero-order valence-corrected chi connectivity index (χ0v) is 25.8. The van der Waals surface area contributed by atoms with Crippen LogP contribution in [-0.4, -0.2) is 16.4 Å². The van der Waals surface area contributed by atoms with Gasteiger partial charge >= 0.3 is 0 Å². The normalized spacial score (nSPS) is 12.8. The summed E-state index contributed by atoms with van der Waals surface area (Å²) >= 11 is 0. The molecule has 50 heavy (non-hydrogen) atoms. The number of fused-ring (bicyclic) bond motifs is 3. The highest BCUT2D eigenvalue weighted by Gasteiger charge is 2.30. The van der Waals surface area contributed by atoms with Crippen LogP contribution in [0.5, 0.6) is 0 Å². The van der Waals surface area contributed by atoms with Gasteiger partial charge in [-0.2, -0.15) is 20.9 Å². The number of nitrogens with one attached hydrogen (secondary N) is 2. The van der Waals surface area contributed by atoms with Gasteiger partial charge < -0.3 is 0 Å². The van der Waals surface area contributed by atoms with Crippen molar-refractivity contribution < 1.29 is 13.2 Å². The summed E-state index contributed by atoms with van der Waals surface area (Å²) in [5.74, 6) is -4.36. The van der Waals surface area contributed by atoms with Gasteiger partial charge in [-0.05, 0) is 47.5 Å². The van der Waals surface area contributed by atoms with Gasteiger partial charge in [0.05, 0.1) is 39.8 Å². The number of nitrogens with zero attached hydrogens (tertiary/aromatic N) is 5. The Morgan fingerprint density at radius 3 is 1.88 bits per heavy atom. The molecule has 0 fully saturated rings. The van der Waals surface area contributed by atoms with Crippen LogP contribution in [-0.2, 0) is 0 Å². The van der Waals surface area contributed by atoms with Crippen LogP contribution in [0.4, 0.5) is 18.9 Å². The van der Waals surface area contributed by atoms with E-state index in [9.17, 15) is 25.6 Å². The molecule has 0 saturated carbocycles. The van der Waals surface area contributed by atoms with Crippen molar-refractivity contribution in [1.82, 2.24) is 4.98 Å². The summed E-state index contributed by atoms with van der Waals surface area (Å²) in [4.78, 5) is 4.98. The van der Waals surface area contributed by atoms with Gasteiger partial charge in [-0.3, -0.25) is 10.8 Å². The van der Waals surface area contributed by atoms with Gasteiger partial charge in [0.1, 0.15) is 29.0 Å². The van der Waals surface area contributed by atoms with Gasteiger partial charge in [-0.25, -0.2) is 18.2 Å². The lowest BCUT2D eigenvalue weighted by molar-refractivity contribution is 0.539. The third-order valence-electron chi connectivity index (χ3n) is 8.34. The molecule has 1 heterocycles. The molecule has 0 amide bonds. The first kappa shape index (κ1) is 31.3. The number of hydrazone groups is 1. The number of rotatable bonds is 5. The number of pyridine rings is 1. The molecule has 0 bridgehead atoms. The van der Waals surface area contributed by atoms with Crippen LogP contribution in [0.25, 0.3) is 44.9 Å². The lowest BCUT2D eigenvalue weighted by Crippen LogP contribution is -2.24. The smallest absolute Gasteiger partial charge is 0.164 e. The molecule has 10 heteroatoms. The van der Waals surface area contributed by atoms with E-state index in [4.69, 9.17) is 10.1 Å². The number of hydrogen-bond acceptors (Lipinski definition) is 7. The first-order valence-electron chi connectivity index (χ1n) is 15.1. The molecule has 0 aliphatic heterocycles. The lowest BCUT2D eigenvalue weighted by Gasteiger charge is -2.24. The maximum absolute atomic E-state index is 15.3. The highest BCUT2D eigenvalue weighted by molar-refractivity contribution is 6.65. The molecule has 0 atom stereocenters. The standard InChI is InChI=1S/C40H20F3N7/c41-35-30(20-45)36(42)33(37(43)31(35)21-46)24-14-16-25(17-15-24)39-29-18-28(23-12-10-22(19-44)11-13-23)38(47)40(50-49-26-6-2-1-3-7-26)34(29)27-8-4-5-9-32(27)48-39/h1-18,47,49H/b47-38?,50-40-. The van der Waals surface area contributed by atoms with Gasteiger partial charge in [-0.15, -0.1) is 0 Å². The fourth-order valence-corrected chi connectivity index (χ4v) is 5.92. The Morgan fingerprint density at radius 1 is 0.640 bits per heavy atom. The van der Waals surface area contributed by atoms with E-state index in [-0.39, 0.29) is 11.3 Å². The van der Waals surface area contributed by atoms with Crippen LogP contribution in [0.3, 0.4) is 0 Å². The molecule has 5 aromatic carbocycles. The maximum Gasteiger partial charge on any atom is 0.164 e. The number of para-hydroxylation sites is 2. The van der Waals surface area contributed by atoms with Crippen molar-refractivity contribution >= 4 is 39.7 Å². The summed E-state index contributed by atoms with van der Waals surface area (Å²) in [5.41, 5.74) is 5.97. The van der Waals surface area contributed by atoms with E-state index in [0.717, 1.165) is 5.39 Å². The predicted octanol–water partition coefficient (Wildman–Crippen LogP) is 8.99. The van der Waals surface area contributed by atoms with Gasteiger partial charge in [0.25, 0.3) is 0 Å². The summed E-state index contributed by atoms with van der Waals surface area (Å²) < 4.78 is 45.0. The number of allylic oxidation sites excluding steroid dienone is 1.